The highest BCUT2D eigenvalue weighted by atomic mass is 16.3. The van der Waals surface area contributed by atoms with E-state index in [1.54, 1.807) is 12.1 Å². The van der Waals surface area contributed by atoms with Gasteiger partial charge in [-0.25, -0.2) is 0 Å². The van der Waals surface area contributed by atoms with Crippen molar-refractivity contribution in [1.29, 1.82) is 0 Å². The number of rotatable bonds is 1. The molecule has 1 unspecified atom stereocenters. The third-order valence-electron chi connectivity index (χ3n) is 3.20. The highest BCUT2D eigenvalue weighted by Crippen LogP contribution is 2.39. The van der Waals surface area contributed by atoms with Crippen molar-refractivity contribution in [2.75, 3.05) is 0 Å². The lowest BCUT2D eigenvalue weighted by Gasteiger charge is -2.19. The molecule has 0 aromatic heterocycles. The molecular formula is C15H11NO4. The van der Waals surface area contributed by atoms with Gasteiger partial charge in [0.15, 0.2) is 5.78 Å². The summed E-state index contributed by atoms with van der Waals surface area (Å²) in [6.45, 7) is 0. The highest BCUT2D eigenvalue weighted by Gasteiger charge is 2.29. The average molecular weight is 269 g/mol. The van der Waals surface area contributed by atoms with Crippen molar-refractivity contribution in [2.45, 2.75) is 5.92 Å². The van der Waals surface area contributed by atoms with E-state index in [2.05, 4.69) is 4.99 Å². The number of nitrogens with zero attached hydrogens (tertiary/aromatic N) is 1. The molecule has 5 heteroatoms. The van der Waals surface area contributed by atoms with E-state index < -0.39 is 5.92 Å². The highest BCUT2D eigenvalue weighted by molar-refractivity contribution is 6.17. The summed E-state index contributed by atoms with van der Waals surface area (Å²) in [6.07, 6.45) is 1.44. The van der Waals surface area contributed by atoms with Crippen molar-refractivity contribution >= 4 is 17.7 Å². The first-order valence-electron chi connectivity index (χ1n) is 5.99. The van der Waals surface area contributed by atoms with Crippen LogP contribution in [0.4, 0.5) is 5.69 Å². The van der Waals surface area contributed by atoms with Gasteiger partial charge in [-0.05, 0) is 17.7 Å². The summed E-state index contributed by atoms with van der Waals surface area (Å²) < 4.78 is 0. The minimum absolute atomic E-state index is 0.0597. The molecule has 1 aliphatic rings. The van der Waals surface area contributed by atoms with Crippen molar-refractivity contribution in [3.63, 3.8) is 0 Å². The second kappa shape index (κ2) is 4.38. The molecule has 0 saturated heterocycles. The largest absolute Gasteiger partial charge is 0.508 e. The van der Waals surface area contributed by atoms with Gasteiger partial charge in [0.05, 0.1) is 17.2 Å². The molecule has 3 rings (SSSR count). The van der Waals surface area contributed by atoms with Crippen LogP contribution < -0.4 is 0 Å². The van der Waals surface area contributed by atoms with Crippen LogP contribution in [0.25, 0.3) is 0 Å². The molecule has 0 bridgehead atoms. The monoisotopic (exact) mass is 269 g/mol. The summed E-state index contributed by atoms with van der Waals surface area (Å²) in [5.41, 5.74) is 0.916. The Morgan fingerprint density at radius 1 is 1.00 bits per heavy atom. The Labute approximate surface area is 114 Å². The van der Waals surface area contributed by atoms with Crippen LogP contribution in [0.2, 0.25) is 0 Å². The first-order valence-corrected chi connectivity index (χ1v) is 5.99. The topological polar surface area (TPSA) is 90.1 Å². The van der Waals surface area contributed by atoms with Crippen molar-refractivity contribution < 1.29 is 20.1 Å². The van der Waals surface area contributed by atoms with Gasteiger partial charge in [0.2, 0.25) is 0 Å². The van der Waals surface area contributed by atoms with Crippen molar-refractivity contribution in [3.8, 4) is 17.2 Å². The van der Waals surface area contributed by atoms with E-state index in [1.165, 1.54) is 24.4 Å². The molecule has 0 aliphatic carbocycles. The number of phenolic OH excluding ortho intramolecular Hbond substituents is 3. The molecule has 0 fully saturated rings. The molecule has 2 aromatic carbocycles. The van der Waals surface area contributed by atoms with Crippen LogP contribution in [0.15, 0.2) is 41.4 Å². The van der Waals surface area contributed by atoms with Gasteiger partial charge in [-0.2, -0.15) is 0 Å². The van der Waals surface area contributed by atoms with Gasteiger partial charge in [-0.3, -0.25) is 9.79 Å². The van der Waals surface area contributed by atoms with E-state index in [9.17, 15) is 20.1 Å². The minimum atomic E-state index is -0.662. The number of aromatic hydroxyl groups is 3. The zero-order valence-electron chi connectivity index (χ0n) is 10.3. The maximum atomic E-state index is 12.4. The molecule has 1 atom stereocenters. The molecule has 1 aliphatic heterocycles. The molecular weight excluding hydrogens is 258 g/mol. The molecule has 0 spiro atoms. The van der Waals surface area contributed by atoms with Gasteiger partial charge in [-0.15, -0.1) is 0 Å². The van der Waals surface area contributed by atoms with Crippen LogP contribution >= 0.6 is 0 Å². The number of hydrogen-bond acceptors (Lipinski definition) is 5. The molecule has 1 heterocycles. The van der Waals surface area contributed by atoms with Crippen molar-refractivity contribution in [3.05, 3.63) is 47.5 Å². The Hall–Kier alpha value is -2.82. The minimum Gasteiger partial charge on any atom is -0.508 e. The number of fused-ring (bicyclic) bond motifs is 1. The fourth-order valence-corrected chi connectivity index (χ4v) is 2.29. The van der Waals surface area contributed by atoms with Gasteiger partial charge in [0, 0.05) is 18.3 Å². The standard InChI is InChI=1S/C15H11NO4/c17-9-3-1-2-8(4-9)11-7-16-12-5-10(18)6-13(19)14(12)15(11)20/h1-7,11,17-19H. The Morgan fingerprint density at radius 2 is 1.80 bits per heavy atom. The van der Waals surface area contributed by atoms with Crippen LogP contribution in [-0.4, -0.2) is 27.3 Å². The van der Waals surface area contributed by atoms with E-state index in [0.717, 1.165) is 6.07 Å². The Balaban J connectivity index is 2.10. The molecule has 20 heavy (non-hydrogen) atoms. The molecule has 100 valence electrons. The van der Waals surface area contributed by atoms with Crippen LogP contribution in [-0.2, 0) is 0 Å². The molecule has 5 nitrogen and oxygen atoms in total. The Bertz CT molecular complexity index is 737. The second-order valence-electron chi connectivity index (χ2n) is 4.57. The fourth-order valence-electron chi connectivity index (χ4n) is 2.29. The van der Waals surface area contributed by atoms with Crippen LogP contribution in [0.1, 0.15) is 21.8 Å². The SMILES string of the molecule is O=C1c2c(O)cc(O)cc2N=CC1c1cccc(O)c1. The van der Waals surface area contributed by atoms with Crippen molar-refractivity contribution in [2.24, 2.45) is 4.99 Å². The van der Waals surface area contributed by atoms with E-state index in [0.29, 0.717) is 5.56 Å². The zero-order chi connectivity index (χ0) is 14.3. The van der Waals surface area contributed by atoms with Crippen LogP contribution in [0.5, 0.6) is 17.2 Å². The number of aliphatic imine (C=N–C) groups is 1. The van der Waals surface area contributed by atoms with Gasteiger partial charge in [0.25, 0.3) is 0 Å². The normalized spacial score (nSPS) is 17.0. The van der Waals surface area contributed by atoms with Crippen LogP contribution in [0, 0.1) is 0 Å². The maximum Gasteiger partial charge on any atom is 0.181 e. The molecule has 0 amide bonds. The smallest absolute Gasteiger partial charge is 0.181 e. The quantitative estimate of drug-likeness (QED) is 0.741. The van der Waals surface area contributed by atoms with Gasteiger partial charge < -0.3 is 15.3 Å². The predicted molar refractivity (Wildman–Crippen MR) is 73.1 cm³/mol. The van der Waals surface area contributed by atoms with Gasteiger partial charge in [-0.1, -0.05) is 12.1 Å². The number of phenols is 3. The van der Waals surface area contributed by atoms with Gasteiger partial charge in [0.1, 0.15) is 17.2 Å². The zero-order valence-corrected chi connectivity index (χ0v) is 10.3. The lowest BCUT2D eigenvalue weighted by Crippen LogP contribution is -2.17. The summed E-state index contributed by atoms with van der Waals surface area (Å²) in [7, 11) is 0. The number of benzene rings is 2. The summed E-state index contributed by atoms with van der Waals surface area (Å²) in [4.78, 5) is 16.6. The van der Waals surface area contributed by atoms with E-state index in [1.807, 2.05) is 0 Å². The lowest BCUT2D eigenvalue weighted by molar-refractivity contribution is 0.0980. The number of ketones is 1. The number of carbonyl (C=O) groups is 1. The summed E-state index contributed by atoms with van der Waals surface area (Å²) in [5, 5.41) is 28.7. The molecule has 0 radical (unpaired) electrons. The van der Waals surface area contributed by atoms with Gasteiger partial charge >= 0.3 is 0 Å². The maximum absolute atomic E-state index is 12.4. The second-order valence-corrected chi connectivity index (χ2v) is 4.57. The Kier molecular flexibility index (Phi) is 2.68. The predicted octanol–water partition coefficient (Wildman–Crippen LogP) is 2.49. The number of carbonyl (C=O) groups excluding carboxylic acids is 1. The summed E-state index contributed by atoms with van der Waals surface area (Å²) in [5.74, 6) is -1.37. The Morgan fingerprint density at radius 3 is 2.55 bits per heavy atom. The van der Waals surface area contributed by atoms with Crippen molar-refractivity contribution in [1.82, 2.24) is 0 Å². The fraction of sp³-hybridized carbons (Fsp3) is 0.0667. The molecule has 0 saturated carbocycles. The number of hydrogen-bond donors (Lipinski definition) is 3. The van der Waals surface area contributed by atoms with E-state index >= 15 is 0 Å². The first kappa shape index (κ1) is 12.2. The lowest BCUT2D eigenvalue weighted by atomic mass is 9.88. The third-order valence-corrected chi connectivity index (χ3v) is 3.20. The first-order chi connectivity index (χ1) is 9.56. The van der Waals surface area contributed by atoms with E-state index in [-0.39, 0.29) is 34.3 Å². The van der Waals surface area contributed by atoms with E-state index in [4.69, 9.17) is 0 Å². The number of Topliss-reactive ketones (excluding diaryl/α,β-unsaturated/α-hetero) is 1. The summed E-state index contributed by atoms with van der Waals surface area (Å²) >= 11 is 0. The average Bonchev–Trinajstić information content (AvgIpc) is 2.38. The summed E-state index contributed by atoms with van der Waals surface area (Å²) in [6, 6.07) is 8.77. The molecule has 2 aromatic rings. The molecule has 3 N–H and O–H groups in total. The van der Waals surface area contributed by atoms with Crippen LogP contribution in [0.3, 0.4) is 0 Å². The third kappa shape index (κ3) is 1.89.